The van der Waals surface area contributed by atoms with E-state index in [9.17, 15) is 13.2 Å². The van der Waals surface area contributed by atoms with Gasteiger partial charge in [-0.15, -0.1) is 0 Å². The van der Waals surface area contributed by atoms with Gasteiger partial charge in [-0.25, -0.2) is 13.1 Å². The number of hydrogen-bond acceptors (Lipinski definition) is 5. The molecule has 8 heteroatoms. The Bertz CT molecular complexity index is 912. The molecular formula is C19H24N2O5S. The summed E-state index contributed by atoms with van der Waals surface area (Å²) in [6.07, 6.45) is 0. The summed E-state index contributed by atoms with van der Waals surface area (Å²) in [6, 6.07) is 11.0. The fourth-order valence-electron chi connectivity index (χ4n) is 2.59. The Hall–Kier alpha value is -2.42. The van der Waals surface area contributed by atoms with Gasteiger partial charge >= 0.3 is 0 Å². The number of hydrogen-bond donors (Lipinski definition) is 2. The number of ether oxygens (including phenoxy) is 2. The number of rotatable bonds is 8. The van der Waals surface area contributed by atoms with Crippen molar-refractivity contribution in [2.45, 2.75) is 24.8 Å². The summed E-state index contributed by atoms with van der Waals surface area (Å²) in [7, 11) is -0.827. The summed E-state index contributed by atoms with van der Waals surface area (Å²) in [5, 5.41) is 2.73. The van der Waals surface area contributed by atoms with E-state index in [2.05, 4.69) is 10.0 Å². The Kier molecular flexibility index (Phi) is 6.95. The van der Waals surface area contributed by atoms with Crippen LogP contribution < -0.4 is 14.8 Å². The third-order valence-corrected chi connectivity index (χ3v) is 5.48. The van der Waals surface area contributed by atoms with Crippen LogP contribution in [0, 0.1) is 6.92 Å². The van der Waals surface area contributed by atoms with E-state index in [0.29, 0.717) is 11.3 Å². The first-order chi connectivity index (χ1) is 12.8. The maximum atomic E-state index is 12.6. The van der Waals surface area contributed by atoms with Crippen LogP contribution >= 0.6 is 0 Å². The van der Waals surface area contributed by atoms with Crippen molar-refractivity contribution in [1.29, 1.82) is 0 Å². The van der Waals surface area contributed by atoms with E-state index in [4.69, 9.17) is 9.47 Å². The zero-order valence-electron chi connectivity index (χ0n) is 15.8. The smallest absolute Gasteiger partial charge is 0.256 e. The van der Waals surface area contributed by atoms with E-state index < -0.39 is 16.1 Å². The molecule has 0 spiro atoms. The van der Waals surface area contributed by atoms with Crippen molar-refractivity contribution in [2.75, 3.05) is 26.1 Å². The van der Waals surface area contributed by atoms with Gasteiger partial charge in [-0.1, -0.05) is 18.2 Å². The van der Waals surface area contributed by atoms with Gasteiger partial charge in [-0.2, -0.15) is 0 Å². The zero-order chi connectivity index (χ0) is 20.0. The Labute approximate surface area is 159 Å². The maximum absolute atomic E-state index is 12.6. The van der Waals surface area contributed by atoms with Gasteiger partial charge in [0.05, 0.1) is 24.3 Å². The summed E-state index contributed by atoms with van der Waals surface area (Å²) in [4.78, 5) is 12.6. The molecule has 0 unspecified atom stereocenters. The summed E-state index contributed by atoms with van der Waals surface area (Å²) in [6.45, 7) is 3.77. The first-order valence-corrected chi connectivity index (χ1v) is 9.83. The van der Waals surface area contributed by atoms with Crippen molar-refractivity contribution in [1.82, 2.24) is 4.72 Å². The number of anilines is 1. The fraction of sp³-hybridized carbons (Fsp3) is 0.316. The van der Waals surface area contributed by atoms with Crippen LogP contribution in [0.1, 0.15) is 22.8 Å². The zero-order valence-corrected chi connectivity index (χ0v) is 16.6. The highest BCUT2D eigenvalue weighted by Gasteiger charge is 2.20. The van der Waals surface area contributed by atoms with Crippen LogP contribution in [0.4, 0.5) is 5.69 Å². The van der Waals surface area contributed by atoms with Crippen LogP contribution in [0.15, 0.2) is 47.4 Å². The molecule has 0 aromatic heterocycles. The molecule has 0 heterocycles. The van der Waals surface area contributed by atoms with E-state index in [1.807, 2.05) is 19.1 Å². The topological polar surface area (TPSA) is 93.7 Å². The third kappa shape index (κ3) is 5.29. The van der Waals surface area contributed by atoms with Gasteiger partial charge < -0.3 is 14.8 Å². The minimum absolute atomic E-state index is 0.0198. The van der Waals surface area contributed by atoms with Crippen LogP contribution in [0.5, 0.6) is 5.75 Å². The molecule has 1 atom stereocenters. The van der Waals surface area contributed by atoms with Crippen LogP contribution in [-0.2, 0) is 14.8 Å². The lowest BCUT2D eigenvalue weighted by Gasteiger charge is -2.16. The predicted molar refractivity (Wildman–Crippen MR) is 104 cm³/mol. The molecule has 0 bridgehead atoms. The number of carbonyl (C=O) groups excluding carboxylic acids is 1. The number of nitrogens with one attached hydrogen (secondary N) is 2. The fourth-order valence-corrected chi connectivity index (χ4v) is 3.84. The molecule has 0 fully saturated rings. The Morgan fingerprint density at radius 2 is 1.85 bits per heavy atom. The molecule has 0 aliphatic carbocycles. The van der Waals surface area contributed by atoms with Gasteiger partial charge in [0, 0.05) is 18.7 Å². The van der Waals surface area contributed by atoms with Crippen molar-refractivity contribution < 1.29 is 22.7 Å². The highest BCUT2D eigenvalue weighted by Crippen LogP contribution is 2.28. The highest BCUT2D eigenvalue weighted by atomic mass is 32.2. The second-order valence-corrected chi connectivity index (χ2v) is 7.82. The predicted octanol–water partition coefficient (Wildman–Crippen LogP) is 2.57. The number of benzene rings is 2. The standard InChI is InChI=1S/C19H24N2O5S/c1-13-7-5-6-8-16(13)19(22)20-17-11-15(9-10-18(17)26-4)27(23,24)21-14(2)12-25-3/h5-11,14,21H,12H2,1-4H3,(H,20,22)/t14-/m0/s1. The molecule has 0 aliphatic heterocycles. The van der Waals surface area contributed by atoms with Crippen LogP contribution in [0.3, 0.4) is 0 Å². The highest BCUT2D eigenvalue weighted by molar-refractivity contribution is 7.89. The first kappa shape index (κ1) is 20.9. The number of sulfonamides is 1. The lowest BCUT2D eigenvalue weighted by Crippen LogP contribution is -2.35. The Morgan fingerprint density at radius 3 is 2.48 bits per heavy atom. The van der Waals surface area contributed by atoms with Crippen molar-refractivity contribution in [3.8, 4) is 5.75 Å². The molecule has 2 N–H and O–H groups in total. The summed E-state index contributed by atoms with van der Waals surface area (Å²) in [5.74, 6) is 0.0162. The van der Waals surface area contributed by atoms with Gasteiger partial charge in [-0.05, 0) is 43.7 Å². The lowest BCUT2D eigenvalue weighted by atomic mass is 10.1. The molecule has 0 saturated carbocycles. The van der Waals surface area contributed by atoms with Crippen molar-refractivity contribution in [2.24, 2.45) is 0 Å². The minimum atomic E-state index is -3.77. The number of aryl methyl sites for hydroxylation is 1. The van der Waals surface area contributed by atoms with E-state index in [-0.39, 0.29) is 23.1 Å². The first-order valence-electron chi connectivity index (χ1n) is 8.34. The quantitative estimate of drug-likeness (QED) is 0.720. The largest absolute Gasteiger partial charge is 0.495 e. The summed E-state index contributed by atoms with van der Waals surface area (Å²) >= 11 is 0. The van der Waals surface area contributed by atoms with E-state index in [0.717, 1.165) is 5.56 Å². The third-order valence-electron chi connectivity index (χ3n) is 3.89. The SMILES string of the molecule is COC[C@H](C)NS(=O)(=O)c1ccc(OC)c(NC(=O)c2ccccc2C)c1. The molecule has 0 aliphatic rings. The Morgan fingerprint density at radius 1 is 1.15 bits per heavy atom. The van der Waals surface area contributed by atoms with Crippen LogP contribution in [0.2, 0.25) is 0 Å². The molecule has 1 amide bonds. The molecule has 2 aromatic rings. The summed E-state index contributed by atoms with van der Waals surface area (Å²) in [5.41, 5.74) is 1.58. The molecule has 146 valence electrons. The van der Waals surface area contributed by atoms with Crippen LogP contribution in [-0.4, -0.2) is 41.2 Å². The van der Waals surface area contributed by atoms with E-state index in [1.54, 1.807) is 19.1 Å². The average molecular weight is 392 g/mol. The minimum Gasteiger partial charge on any atom is -0.495 e. The summed E-state index contributed by atoms with van der Waals surface area (Å²) < 4.78 is 37.8. The monoisotopic (exact) mass is 392 g/mol. The van der Waals surface area contributed by atoms with Gasteiger partial charge in [-0.3, -0.25) is 4.79 Å². The van der Waals surface area contributed by atoms with Gasteiger partial charge in [0.25, 0.3) is 5.91 Å². The molecule has 0 radical (unpaired) electrons. The van der Waals surface area contributed by atoms with Crippen molar-refractivity contribution in [3.05, 3.63) is 53.6 Å². The normalized spacial score (nSPS) is 12.4. The molecule has 2 aromatic carbocycles. The van der Waals surface area contributed by atoms with Crippen molar-refractivity contribution in [3.63, 3.8) is 0 Å². The molecule has 0 saturated heterocycles. The molecular weight excluding hydrogens is 368 g/mol. The second-order valence-electron chi connectivity index (χ2n) is 6.11. The lowest BCUT2D eigenvalue weighted by molar-refractivity contribution is 0.102. The number of carbonyl (C=O) groups is 1. The number of methoxy groups -OCH3 is 2. The van der Waals surface area contributed by atoms with Gasteiger partial charge in [0.15, 0.2) is 0 Å². The van der Waals surface area contributed by atoms with Crippen LogP contribution in [0.25, 0.3) is 0 Å². The maximum Gasteiger partial charge on any atom is 0.256 e. The van der Waals surface area contributed by atoms with Gasteiger partial charge in [0.1, 0.15) is 5.75 Å². The molecule has 27 heavy (non-hydrogen) atoms. The molecule has 7 nitrogen and oxygen atoms in total. The Balaban J connectivity index is 2.32. The van der Waals surface area contributed by atoms with Crippen molar-refractivity contribution >= 4 is 21.6 Å². The number of amides is 1. The van der Waals surface area contributed by atoms with E-state index >= 15 is 0 Å². The second kappa shape index (κ2) is 8.98. The molecule has 2 rings (SSSR count). The average Bonchev–Trinajstić information content (AvgIpc) is 2.61. The van der Waals surface area contributed by atoms with Gasteiger partial charge in [0.2, 0.25) is 10.0 Å². The van der Waals surface area contributed by atoms with E-state index in [1.165, 1.54) is 32.4 Å².